The van der Waals surface area contributed by atoms with Crippen LogP contribution in [0.3, 0.4) is 0 Å². The first-order valence-corrected chi connectivity index (χ1v) is 4.51. The van der Waals surface area contributed by atoms with Gasteiger partial charge in [-0.2, -0.15) is 10.4 Å². The first-order chi connectivity index (χ1) is 7.54. The Balaban J connectivity index is 2.98. The van der Waals surface area contributed by atoms with E-state index >= 15 is 0 Å². The molecule has 0 radical (unpaired) electrons. The second kappa shape index (κ2) is 5.00. The molecule has 6 nitrogen and oxygen atoms in total. The lowest BCUT2D eigenvalue weighted by atomic mass is 10.1. The third-order valence-electron chi connectivity index (χ3n) is 1.67. The molecule has 0 saturated heterocycles. The van der Waals surface area contributed by atoms with Crippen molar-refractivity contribution in [1.82, 2.24) is 5.43 Å². The summed E-state index contributed by atoms with van der Waals surface area (Å²) >= 11 is 5.79. The van der Waals surface area contributed by atoms with Crippen molar-refractivity contribution < 1.29 is 4.79 Å². The van der Waals surface area contributed by atoms with E-state index in [1.54, 1.807) is 6.07 Å². The molecule has 2 amide bonds. The van der Waals surface area contributed by atoms with Gasteiger partial charge in [-0.1, -0.05) is 11.6 Å². The maximum atomic E-state index is 10.4. The number of amides is 2. The van der Waals surface area contributed by atoms with E-state index < -0.39 is 6.03 Å². The summed E-state index contributed by atoms with van der Waals surface area (Å²) in [5.41, 5.74) is 13.2. The minimum absolute atomic E-state index is 0.0465. The molecule has 0 aliphatic rings. The topological polar surface area (TPSA) is 117 Å². The fourth-order valence-electron chi connectivity index (χ4n) is 0.945. The highest BCUT2D eigenvalue weighted by Gasteiger charge is 2.04. The van der Waals surface area contributed by atoms with Crippen LogP contribution in [0.25, 0.3) is 0 Å². The molecule has 0 unspecified atom stereocenters. The van der Waals surface area contributed by atoms with Gasteiger partial charge < -0.3 is 11.5 Å². The van der Waals surface area contributed by atoms with Gasteiger partial charge in [-0.25, -0.2) is 10.2 Å². The molecule has 7 heteroatoms. The number of rotatable bonds is 2. The van der Waals surface area contributed by atoms with E-state index in [-0.39, 0.29) is 10.9 Å². The minimum atomic E-state index is -0.817. The van der Waals surface area contributed by atoms with E-state index in [2.05, 4.69) is 5.10 Å². The third kappa shape index (κ3) is 2.87. The lowest BCUT2D eigenvalue weighted by Crippen LogP contribution is -2.28. The smallest absolute Gasteiger partial charge is 0.332 e. The second-order valence-corrected chi connectivity index (χ2v) is 3.19. The number of hydrogen-bond acceptors (Lipinski definition) is 3. The molecule has 0 aromatic heterocycles. The van der Waals surface area contributed by atoms with Crippen molar-refractivity contribution in [3.63, 3.8) is 0 Å². The molecule has 0 spiro atoms. The van der Waals surface area contributed by atoms with Crippen LogP contribution in [-0.2, 0) is 0 Å². The molecule has 0 fully saturated rings. The molecule has 0 bridgehead atoms. The van der Waals surface area contributed by atoms with Gasteiger partial charge in [0.15, 0.2) is 5.84 Å². The molecule has 0 heterocycles. The lowest BCUT2D eigenvalue weighted by Gasteiger charge is -2.02. The Labute approximate surface area is 96.5 Å². The zero-order valence-corrected chi connectivity index (χ0v) is 8.82. The first kappa shape index (κ1) is 11.8. The number of nitrogens with zero attached hydrogens (tertiary/aromatic N) is 2. The standard InChI is InChI=1S/C9H8ClN5O/c10-7-3-5(1-2-6(7)4-11)8(12)14-15-9(13)16/h1-3H,(H2,12,14)(H3,13,15,16). The zero-order chi connectivity index (χ0) is 12.1. The number of nitriles is 1. The summed E-state index contributed by atoms with van der Waals surface area (Å²) in [6.45, 7) is 0. The average molecular weight is 238 g/mol. The van der Waals surface area contributed by atoms with Crippen LogP contribution in [0.1, 0.15) is 11.1 Å². The highest BCUT2D eigenvalue weighted by molar-refractivity contribution is 6.32. The summed E-state index contributed by atoms with van der Waals surface area (Å²) in [7, 11) is 0. The fraction of sp³-hybridized carbons (Fsp3) is 0. The van der Waals surface area contributed by atoms with Gasteiger partial charge in [0.1, 0.15) is 6.07 Å². The number of benzene rings is 1. The van der Waals surface area contributed by atoms with E-state index in [0.29, 0.717) is 11.1 Å². The number of halogens is 1. The fourth-order valence-corrected chi connectivity index (χ4v) is 1.17. The largest absolute Gasteiger partial charge is 0.382 e. The number of hydrogen-bond donors (Lipinski definition) is 3. The van der Waals surface area contributed by atoms with Crippen LogP contribution in [0.15, 0.2) is 23.3 Å². The van der Waals surface area contributed by atoms with Crippen LogP contribution in [0, 0.1) is 11.3 Å². The van der Waals surface area contributed by atoms with Gasteiger partial charge in [0.05, 0.1) is 10.6 Å². The van der Waals surface area contributed by atoms with Crippen molar-refractivity contribution in [2.75, 3.05) is 0 Å². The second-order valence-electron chi connectivity index (χ2n) is 2.78. The summed E-state index contributed by atoms with van der Waals surface area (Å²) < 4.78 is 0. The van der Waals surface area contributed by atoms with Crippen LogP contribution in [0.2, 0.25) is 5.02 Å². The van der Waals surface area contributed by atoms with E-state index in [4.69, 9.17) is 28.3 Å². The molecule has 1 aromatic rings. The number of primary amides is 1. The molecule has 1 aromatic carbocycles. The van der Waals surface area contributed by atoms with Gasteiger partial charge in [-0.3, -0.25) is 0 Å². The van der Waals surface area contributed by atoms with Gasteiger partial charge in [-0.05, 0) is 18.2 Å². The number of nitrogens with one attached hydrogen (secondary N) is 1. The summed E-state index contributed by atoms with van der Waals surface area (Å²) in [5.74, 6) is 0.0465. The van der Waals surface area contributed by atoms with E-state index in [1.165, 1.54) is 12.1 Å². The molecular formula is C9H8ClN5O. The predicted molar refractivity (Wildman–Crippen MR) is 59.6 cm³/mol. The molecule has 0 saturated carbocycles. The van der Waals surface area contributed by atoms with Crippen molar-refractivity contribution in [3.8, 4) is 6.07 Å². The monoisotopic (exact) mass is 237 g/mol. The summed E-state index contributed by atoms with van der Waals surface area (Å²) in [6.07, 6.45) is 0. The van der Waals surface area contributed by atoms with Crippen molar-refractivity contribution >= 4 is 23.5 Å². The van der Waals surface area contributed by atoms with Crippen molar-refractivity contribution in [2.24, 2.45) is 16.6 Å². The zero-order valence-electron chi connectivity index (χ0n) is 8.07. The Morgan fingerprint density at radius 1 is 1.50 bits per heavy atom. The number of carbonyl (C=O) groups excluding carboxylic acids is 1. The SMILES string of the molecule is N#Cc1ccc(/C(N)=N\NC(N)=O)cc1Cl. The highest BCUT2D eigenvalue weighted by Crippen LogP contribution is 2.16. The number of urea groups is 1. The van der Waals surface area contributed by atoms with Gasteiger partial charge in [0, 0.05) is 5.56 Å². The van der Waals surface area contributed by atoms with Gasteiger partial charge >= 0.3 is 6.03 Å². The van der Waals surface area contributed by atoms with Crippen LogP contribution in [0.4, 0.5) is 4.79 Å². The summed E-state index contributed by atoms with van der Waals surface area (Å²) in [5, 5.41) is 12.4. The third-order valence-corrected chi connectivity index (χ3v) is 1.98. The Morgan fingerprint density at radius 3 is 2.69 bits per heavy atom. The average Bonchev–Trinajstić information content (AvgIpc) is 2.25. The van der Waals surface area contributed by atoms with Crippen molar-refractivity contribution in [1.29, 1.82) is 5.26 Å². The molecule has 16 heavy (non-hydrogen) atoms. The summed E-state index contributed by atoms with van der Waals surface area (Å²) in [6, 6.07) is 5.63. The molecular weight excluding hydrogens is 230 g/mol. The Bertz CT molecular complexity index is 491. The number of carbonyl (C=O) groups is 1. The van der Waals surface area contributed by atoms with Gasteiger partial charge in [0.2, 0.25) is 0 Å². The van der Waals surface area contributed by atoms with Crippen LogP contribution < -0.4 is 16.9 Å². The van der Waals surface area contributed by atoms with Crippen LogP contribution in [0.5, 0.6) is 0 Å². The van der Waals surface area contributed by atoms with Crippen molar-refractivity contribution in [3.05, 3.63) is 34.3 Å². The number of nitrogens with two attached hydrogens (primary N) is 2. The van der Waals surface area contributed by atoms with Crippen LogP contribution >= 0.6 is 11.6 Å². The summed E-state index contributed by atoms with van der Waals surface area (Å²) in [4.78, 5) is 10.4. The van der Waals surface area contributed by atoms with Crippen molar-refractivity contribution in [2.45, 2.75) is 0 Å². The molecule has 0 aliphatic carbocycles. The normalized spacial score (nSPS) is 10.6. The molecule has 5 N–H and O–H groups in total. The van der Waals surface area contributed by atoms with Gasteiger partial charge in [-0.15, -0.1) is 0 Å². The quantitative estimate of drug-likeness (QED) is 0.395. The van der Waals surface area contributed by atoms with Crippen LogP contribution in [-0.4, -0.2) is 11.9 Å². The van der Waals surface area contributed by atoms with E-state index in [1.807, 2.05) is 11.5 Å². The Morgan fingerprint density at radius 2 is 2.19 bits per heavy atom. The molecule has 0 aliphatic heterocycles. The Hall–Kier alpha value is -2.26. The number of amidine groups is 1. The number of hydrazone groups is 1. The molecule has 0 atom stereocenters. The lowest BCUT2D eigenvalue weighted by molar-refractivity contribution is 0.249. The molecule has 1 rings (SSSR count). The molecule has 82 valence electrons. The van der Waals surface area contributed by atoms with Gasteiger partial charge in [0.25, 0.3) is 0 Å². The Kier molecular flexibility index (Phi) is 3.69. The van der Waals surface area contributed by atoms with E-state index in [0.717, 1.165) is 0 Å². The maximum absolute atomic E-state index is 10.4. The first-order valence-electron chi connectivity index (χ1n) is 4.13. The highest BCUT2D eigenvalue weighted by atomic mass is 35.5. The van der Waals surface area contributed by atoms with E-state index in [9.17, 15) is 4.79 Å². The maximum Gasteiger partial charge on any atom is 0.332 e. The predicted octanol–water partition coefficient (Wildman–Crippen LogP) is 0.500. The minimum Gasteiger partial charge on any atom is -0.382 e.